The molecule has 2 aromatic carbocycles. The van der Waals surface area contributed by atoms with Gasteiger partial charge in [0.2, 0.25) is 0 Å². The number of anilines is 2. The Morgan fingerprint density at radius 1 is 1.08 bits per heavy atom. The van der Waals surface area contributed by atoms with Crippen molar-refractivity contribution in [1.82, 2.24) is 4.90 Å². The lowest BCUT2D eigenvalue weighted by Gasteiger charge is -2.37. The van der Waals surface area contributed by atoms with Crippen molar-refractivity contribution in [2.75, 3.05) is 43.5 Å². The fourth-order valence-corrected chi connectivity index (χ4v) is 3.36. The van der Waals surface area contributed by atoms with Crippen molar-refractivity contribution >= 4 is 34.7 Å². The molecule has 3 rings (SSSR count). The number of aryl methyl sites for hydroxylation is 1. The quantitative estimate of drug-likeness (QED) is 0.662. The normalized spacial score (nSPS) is 14.1. The van der Waals surface area contributed by atoms with Gasteiger partial charge < -0.3 is 19.9 Å². The van der Waals surface area contributed by atoms with E-state index in [0.717, 1.165) is 26.2 Å². The smallest absolute Gasteiger partial charge is 0.339 e. The molecule has 1 N–H and O–H groups in total. The highest BCUT2D eigenvalue weighted by Crippen LogP contribution is 2.20. The van der Waals surface area contributed by atoms with E-state index in [0.29, 0.717) is 16.4 Å². The highest BCUT2D eigenvalue weighted by atomic mass is 32.1. The van der Waals surface area contributed by atoms with Gasteiger partial charge in [-0.05, 0) is 49.0 Å². The monoisotopic (exact) mass is 369 g/mol. The van der Waals surface area contributed by atoms with Gasteiger partial charge in [-0.1, -0.05) is 24.3 Å². The molecule has 0 spiro atoms. The molecule has 5 nitrogen and oxygen atoms in total. The lowest BCUT2D eigenvalue weighted by molar-refractivity contribution is 0.0602. The maximum Gasteiger partial charge on any atom is 0.339 e. The van der Waals surface area contributed by atoms with Gasteiger partial charge in [-0.15, -0.1) is 0 Å². The van der Waals surface area contributed by atoms with Gasteiger partial charge >= 0.3 is 5.97 Å². The number of nitrogens with zero attached hydrogens (tertiary/aromatic N) is 2. The number of benzene rings is 2. The first-order chi connectivity index (χ1) is 12.6. The summed E-state index contributed by atoms with van der Waals surface area (Å²) in [6.07, 6.45) is 0. The minimum absolute atomic E-state index is 0.375. The van der Waals surface area contributed by atoms with Crippen LogP contribution in [0.15, 0.2) is 48.5 Å². The van der Waals surface area contributed by atoms with Crippen molar-refractivity contribution in [3.63, 3.8) is 0 Å². The predicted octanol–water partition coefficient (Wildman–Crippen LogP) is 3.30. The van der Waals surface area contributed by atoms with Crippen molar-refractivity contribution in [3.8, 4) is 0 Å². The maximum absolute atomic E-state index is 11.9. The van der Waals surface area contributed by atoms with Crippen LogP contribution in [0.1, 0.15) is 15.9 Å². The topological polar surface area (TPSA) is 44.8 Å². The number of hydrogen-bond acceptors (Lipinski definition) is 4. The summed E-state index contributed by atoms with van der Waals surface area (Å²) in [4.78, 5) is 16.4. The highest BCUT2D eigenvalue weighted by Gasteiger charge is 2.20. The molecule has 0 radical (unpaired) electrons. The van der Waals surface area contributed by atoms with Crippen LogP contribution < -0.4 is 10.2 Å². The summed E-state index contributed by atoms with van der Waals surface area (Å²) in [6, 6.07) is 15.8. The Hall–Kier alpha value is -2.60. The Kier molecular flexibility index (Phi) is 5.73. The Morgan fingerprint density at radius 3 is 2.50 bits per heavy atom. The molecule has 0 atom stereocenters. The molecule has 0 bridgehead atoms. The fraction of sp³-hybridized carbons (Fsp3) is 0.300. The van der Waals surface area contributed by atoms with E-state index in [1.165, 1.54) is 18.4 Å². The summed E-state index contributed by atoms with van der Waals surface area (Å²) in [6.45, 7) is 5.59. The molecule has 6 heteroatoms. The average molecular weight is 369 g/mol. The van der Waals surface area contributed by atoms with Gasteiger partial charge in [0.25, 0.3) is 0 Å². The van der Waals surface area contributed by atoms with E-state index in [4.69, 9.17) is 17.0 Å². The molecular formula is C20H23N3O2S. The van der Waals surface area contributed by atoms with E-state index >= 15 is 0 Å². The van der Waals surface area contributed by atoms with E-state index in [-0.39, 0.29) is 5.97 Å². The number of carbonyl (C=O) groups is 1. The number of esters is 1. The number of rotatable bonds is 3. The number of piperazine rings is 1. The van der Waals surface area contributed by atoms with Crippen LogP contribution in [-0.2, 0) is 4.74 Å². The highest BCUT2D eigenvalue weighted by molar-refractivity contribution is 7.80. The third kappa shape index (κ3) is 4.14. The summed E-state index contributed by atoms with van der Waals surface area (Å²) in [5.74, 6) is -0.375. The van der Waals surface area contributed by atoms with Gasteiger partial charge in [-0.25, -0.2) is 4.79 Å². The third-order valence-electron chi connectivity index (χ3n) is 4.51. The van der Waals surface area contributed by atoms with E-state index < -0.39 is 0 Å². The van der Waals surface area contributed by atoms with E-state index in [9.17, 15) is 4.79 Å². The first-order valence-corrected chi connectivity index (χ1v) is 9.04. The molecule has 1 aliphatic heterocycles. The van der Waals surface area contributed by atoms with Gasteiger partial charge in [0.1, 0.15) is 0 Å². The van der Waals surface area contributed by atoms with E-state index in [1.54, 1.807) is 12.1 Å². The van der Waals surface area contributed by atoms with Crippen LogP contribution in [0.2, 0.25) is 0 Å². The molecular weight excluding hydrogens is 346 g/mol. The van der Waals surface area contributed by atoms with E-state index in [1.807, 2.05) is 12.1 Å². The number of nitrogens with one attached hydrogen (secondary N) is 1. The number of hydrogen-bond donors (Lipinski definition) is 1. The zero-order chi connectivity index (χ0) is 18.5. The van der Waals surface area contributed by atoms with Crippen LogP contribution in [0, 0.1) is 6.92 Å². The molecule has 26 heavy (non-hydrogen) atoms. The third-order valence-corrected chi connectivity index (χ3v) is 4.87. The maximum atomic E-state index is 11.9. The van der Waals surface area contributed by atoms with Gasteiger partial charge in [-0.3, -0.25) is 0 Å². The minimum atomic E-state index is -0.375. The molecule has 0 saturated carbocycles. The first kappa shape index (κ1) is 18.2. The van der Waals surface area contributed by atoms with Crippen molar-refractivity contribution in [1.29, 1.82) is 0 Å². The average Bonchev–Trinajstić information content (AvgIpc) is 2.68. The number of methoxy groups -OCH3 is 1. The van der Waals surface area contributed by atoms with Gasteiger partial charge in [0.15, 0.2) is 5.11 Å². The van der Waals surface area contributed by atoms with Crippen molar-refractivity contribution < 1.29 is 9.53 Å². The van der Waals surface area contributed by atoms with Crippen molar-refractivity contribution in [2.24, 2.45) is 0 Å². The minimum Gasteiger partial charge on any atom is -0.465 e. The zero-order valence-corrected chi connectivity index (χ0v) is 15.9. The molecule has 0 unspecified atom stereocenters. The van der Waals surface area contributed by atoms with Crippen LogP contribution in [0.3, 0.4) is 0 Å². The lowest BCUT2D eigenvalue weighted by Crippen LogP contribution is -2.50. The first-order valence-electron chi connectivity index (χ1n) is 8.63. The Labute approximate surface area is 159 Å². The number of thiocarbonyl (C=S) groups is 1. The summed E-state index contributed by atoms with van der Waals surface area (Å²) in [7, 11) is 1.38. The van der Waals surface area contributed by atoms with Gasteiger partial charge in [-0.2, -0.15) is 0 Å². The Bertz CT molecular complexity index is 801. The fourth-order valence-electron chi connectivity index (χ4n) is 3.07. The number of para-hydroxylation sites is 1. The van der Waals surface area contributed by atoms with E-state index in [2.05, 4.69) is 46.3 Å². The second kappa shape index (κ2) is 8.19. The second-order valence-electron chi connectivity index (χ2n) is 6.28. The molecule has 0 aromatic heterocycles. The van der Waals surface area contributed by atoms with Gasteiger partial charge in [0.05, 0.1) is 18.4 Å². The van der Waals surface area contributed by atoms with Crippen molar-refractivity contribution in [3.05, 3.63) is 59.7 Å². The van der Waals surface area contributed by atoms with Crippen molar-refractivity contribution in [2.45, 2.75) is 6.92 Å². The summed E-state index contributed by atoms with van der Waals surface area (Å²) >= 11 is 5.56. The summed E-state index contributed by atoms with van der Waals surface area (Å²) < 4.78 is 4.83. The Morgan fingerprint density at radius 2 is 1.81 bits per heavy atom. The summed E-state index contributed by atoms with van der Waals surface area (Å²) in [5.41, 5.74) is 3.67. The predicted molar refractivity (Wildman–Crippen MR) is 109 cm³/mol. The molecule has 1 saturated heterocycles. The standard InChI is InChI=1S/C20H23N3O2S/c1-15-6-5-7-16(14-15)22-10-12-23(13-11-22)20(26)21-18-9-4-3-8-17(18)19(24)25-2/h3-9,14H,10-13H2,1-2H3,(H,21,26). The van der Waals surface area contributed by atoms with Crippen LogP contribution in [0.5, 0.6) is 0 Å². The molecule has 2 aromatic rings. The zero-order valence-electron chi connectivity index (χ0n) is 15.1. The molecule has 1 heterocycles. The largest absolute Gasteiger partial charge is 0.465 e. The SMILES string of the molecule is COC(=O)c1ccccc1NC(=S)N1CCN(c2cccc(C)c2)CC1. The molecule has 0 amide bonds. The van der Waals surface area contributed by atoms with Gasteiger partial charge in [0, 0.05) is 31.9 Å². The van der Waals surface area contributed by atoms with Crippen LogP contribution >= 0.6 is 12.2 Å². The lowest BCUT2D eigenvalue weighted by atomic mass is 10.2. The van der Waals surface area contributed by atoms with Crippen LogP contribution in [0.25, 0.3) is 0 Å². The van der Waals surface area contributed by atoms with Crippen LogP contribution in [-0.4, -0.2) is 49.3 Å². The second-order valence-corrected chi connectivity index (χ2v) is 6.67. The summed E-state index contributed by atoms with van der Waals surface area (Å²) in [5, 5.41) is 3.83. The molecule has 136 valence electrons. The Balaban J connectivity index is 1.62. The molecule has 1 fully saturated rings. The van der Waals surface area contributed by atoms with Crippen LogP contribution in [0.4, 0.5) is 11.4 Å². The molecule has 0 aliphatic carbocycles. The molecule has 1 aliphatic rings. The number of ether oxygens (including phenoxy) is 1. The number of carbonyl (C=O) groups excluding carboxylic acids is 1.